The van der Waals surface area contributed by atoms with Crippen LogP contribution in [0.5, 0.6) is 0 Å². The fourth-order valence-electron chi connectivity index (χ4n) is 2.07. The van der Waals surface area contributed by atoms with E-state index in [-0.39, 0.29) is 5.56 Å². The second-order valence-electron chi connectivity index (χ2n) is 5.45. The Hall–Kier alpha value is -1.29. The molecule has 2 N–H and O–H groups in total. The molecule has 1 aromatic rings. The van der Waals surface area contributed by atoms with E-state index in [4.69, 9.17) is 5.73 Å². The monoisotopic (exact) mass is 251 g/mol. The summed E-state index contributed by atoms with van der Waals surface area (Å²) in [6.07, 6.45) is 2.88. The van der Waals surface area contributed by atoms with E-state index in [1.807, 2.05) is 0 Å². The van der Waals surface area contributed by atoms with Crippen molar-refractivity contribution in [1.82, 2.24) is 9.47 Å². The first-order chi connectivity index (χ1) is 8.40. The first-order valence-corrected chi connectivity index (χ1v) is 6.56. The minimum atomic E-state index is 0.00844. The van der Waals surface area contributed by atoms with E-state index in [9.17, 15) is 4.79 Å². The maximum absolute atomic E-state index is 11.6. The van der Waals surface area contributed by atoms with Gasteiger partial charge in [-0.05, 0) is 32.4 Å². The normalized spacial score (nSPS) is 13.2. The van der Waals surface area contributed by atoms with Gasteiger partial charge in [0, 0.05) is 37.1 Å². The zero-order valence-electron chi connectivity index (χ0n) is 11.9. The second-order valence-corrected chi connectivity index (χ2v) is 5.45. The van der Waals surface area contributed by atoms with Crippen LogP contribution in [0.1, 0.15) is 27.2 Å². The molecular formula is C14H25N3O. The third kappa shape index (κ3) is 4.53. The predicted octanol–water partition coefficient (Wildman–Crippen LogP) is 1.80. The molecule has 1 rings (SSSR count). The quantitative estimate of drug-likeness (QED) is 0.838. The smallest absolute Gasteiger partial charge is 0.250 e. The summed E-state index contributed by atoms with van der Waals surface area (Å²) in [6, 6.07) is 3.69. The molecule has 1 aromatic heterocycles. The molecule has 0 saturated heterocycles. The van der Waals surface area contributed by atoms with Crippen molar-refractivity contribution < 1.29 is 0 Å². The summed E-state index contributed by atoms with van der Waals surface area (Å²) in [5.41, 5.74) is 6.33. The molecule has 1 atom stereocenters. The molecule has 0 saturated carbocycles. The lowest BCUT2D eigenvalue weighted by Gasteiger charge is -2.26. The van der Waals surface area contributed by atoms with E-state index in [2.05, 4.69) is 32.7 Å². The van der Waals surface area contributed by atoms with Crippen LogP contribution in [-0.2, 0) is 6.54 Å². The van der Waals surface area contributed by atoms with E-state index in [1.165, 1.54) is 12.5 Å². The van der Waals surface area contributed by atoms with Gasteiger partial charge in [0.15, 0.2) is 0 Å². The predicted molar refractivity (Wildman–Crippen MR) is 76.7 cm³/mol. The van der Waals surface area contributed by atoms with Crippen LogP contribution in [0, 0.1) is 5.92 Å². The molecule has 102 valence electrons. The van der Waals surface area contributed by atoms with Crippen molar-refractivity contribution in [3.05, 3.63) is 28.7 Å². The van der Waals surface area contributed by atoms with Gasteiger partial charge in [-0.2, -0.15) is 0 Å². The Kier molecular flexibility index (Phi) is 5.41. The van der Waals surface area contributed by atoms with Crippen LogP contribution in [-0.4, -0.2) is 29.1 Å². The topological polar surface area (TPSA) is 51.3 Å². The zero-order chi connectivity index (χ0) is 13.7. The second kappa shape index (κ2) is 6.59. The van der Waals surface area contributed by atoms with Gasteiger partial charge >= 0.3 is 0 Å². The third-order valence-corrected chi connectivity index (χ3v) is 3.26. The van der Waals surface area contributed by atoms with Gasteiger partial charge in [-0.3, -0.25) is 4.79 Å². The van der Waals surface area contributed by atoms with Crippen LogP contribution in [0.2, 0.25) is 0 Å². The van der Waals surface area contributed by atoms with Crippen LogP contribution in [0.15, 0.2) is 23.1 Å². The van der Waals surface area contributed by atoms with Crippen LogP contribution in [0.4, 0.5) is 5.69 Å². The minimum absolute atomic E-state index is 0.00844. The summed E-state index contributed by atoms with van der Waals surface area (Å²) in [5.74, 6) is 0.692. The molecule has 4 heteroatoms. The summed E-state index contributed by atoms with van der Waals surface area (Å²) in [6.45, 7) is 8.22. The molecule has 1 unspecified atom stereocenters. The highest BCUT2D eigenvalue weighted by Gasteiger charge is 2.10. The number of aromatic nitrogens is 1. The van der Waals surface area contributed by atoms with Crippen molar-refractivity contribution in [2.24, 2.45) is 5.92 Å². The van der Waals surface area contributed by atoms with Gasteiger partial charge in [0.25, 0.3) is 5.56 Å². The lowest BCUT2D eigenvalue weighted by Crippen LogP contribution is -2.34. The number of pyridine rings is 1. The zero-order valence-corrected chi connectivity index (χ0v) is 11.9. The lowest BCUT2D eigenvalue weighted by atomic mass is 10.0. The van der Waals surface area contributed by atoms with Crippen molar-refractivity contribution in [3.8, 4) is 0 Å². The van der Waals surface area contributed by atoms with Crippen LogP contribution in [0.25, 0.3) is 0 Å². The fraction of sp³-hybridized carbons (Fsp3) is 0.643. The van der Waals surface area contributed by atoms with Crippen molar-refractivity contribution in [3.63, 3.8) is 0 Å². The molecule has 0 aliphatic carbocycles. The van der Waals surface area contributed by atoms with E-state index in [0.717, 1.165) is 6.54 Å². The van der Waals surface area contributed by atoms with Gasteiger partial charge < -0.3 is 15.2 Å². The van der Waals surface area contributed by atoms with Gasteiger partial charge in [0.1, 0.15) is 0 Å². The first-order valence-electron chi connectivity index (χ1n) is 6.56. The number of nitrogens with two attached hydrogens (primary N) is 1. The number of hydrogen-bond donors (Lipinski definition) is 1. The van der Waals surface area contributed by atoms with Gasteiger partial charge in [-0.25, -0.2) is 0 Å². The Morgan fingerprint density at radius 1 is 1.33 bits per heavy atom. The highest BCUT2D eigenvalue weighted by atomic mass is 16.1. The standard InChI is InChI=1S/C14H25N3O/c1-11(2)9-12(3)16(4)7-8-17-10-13(15)5-6-14(17)18/h5-6,10-12H,7-9,15H2,1-4H3. The van der Waals surface area contributed by atoms with Crippen molar-refractivity contribution in [2.45, 2.75) is 39.8 Å². The van der Waals surface area contributed by atoms with E-state index in [0.29, 0.717) is 24.2 Å². The van der Waals surface area contributed by atoms with Crippen molar-refractivity contribution in [1.29, 1.82) is 0 Å². The van der Waals surface area contributed by atoms with Crippen LogP contribution >= 0.6 is 0 Å². The average molecular weight is 251 g/mol. The van der Waals surface area contributed by atoms with Gasteiger partial charge in [-0.15, -0.1) is 0 Å². The molecule has 18 heavy (non-hydrogen) atoms. The maximum Gasteiger partial charge on any atom is 0.250 e. The molecule has 4 nitrogen and oxygen atoms in total. The molecular weight excluding hydrogens is 226 g/mol. The maximum atomic E-state index is 11.6. The molecule has 0 aliphatic heterocycles. The number of likely N-dealkylation sites (N-methyl/N-ethyl adjacent to an activating group) is 1. The van der Waals surface area contributed by atoms with E-state index in [1.54, 1.807) is 16.8 Å². The highest BCUT2D eigenvalue weighted by molar-refractivity contribution is 5.33. The van der Waals surface area contributed by atoms with Crippen molar-refractivity contribution >= 4 is 5.69 Å². The first kappa shape index (κ1) is 14.8. The minimum Gasteiger partial charge on any atom is -0.398 e. The molecule has 0 aliphatic rings. The number of nitrogens with zero attached hydrogens (tertiary/aromatic N) is 2. The number of rotatable bonds is 6. The summed E-state index contributed by atoms with van der Waals surface area (Å²) in [4.78, 5) is 13.9. The van der Waals surface area contributed by atoms with Gasteiger partial charge in [-0.1, -0.05) is 13.8 Å². The SMILES string of the molecule is CC(C)CC(C)N(C)CCn1cc(N)ccc1=O. The van der Waals surface area contributed by atoms with E-state index < -0.39 is 0 Å². The number of hydrogen-bond acceptors (Lipinski definition) is 3. The largest absolute Gasteiger partial charge is 0.398 e. The van der Waals surface area contributed by atoms with Crippen LogP contribution < -0.4 is 11.3 Å². The average Bonchev–Trinajstić information content (AvgIpc) is 2.29. The third-order valence-electron chi connectivity index (χ3n) is 3.26. The highest BCUT2D eigenvalue weighted by Crippen LogP contribution is 2.09. The molecule has 0 spiro atoms. The molecule has 0 bridgehead atoms. The van der Waals surface area contributed by atoms with Gasteiger partial charge in [0.2, 0.25) is 0 Å². The van der Waals surface area contributed by atoms with Crippen LogP contribution in [0.3, 0.4) is 0 Å². The number of anilines is 1. The molecule has 0 amide bonds. The van der Waals surface area contributed by atoms with E-state index >= 15 is 0 Å². The summed E-state index contributed by atoms with van der Waals surface area (Å²) >= 11 is 0. The summed E-state index contributed by atoms with van der Waals surface area (Å²) in [7, 11) is 2.10. The Morgan fingerprint density at radius 2 is 2.00 bits per heavy atom. The molecule has 0 fully saturated rings. The van der Waals surface area contributed by atoms with Crippen molar-refractivity contribution in [2.75, 3.05) is 19.3 Å². The lowest BCUT2D eigenvalue weighted by molar-refractivity contribution is 0.220. The molecule has 0 radical (unpaired) electrons. The fourth-order valence-corrected chi connectivity index (χ4v) is 2.07. The Morgan fingerprint density at radius 3 is 2.61 bits per heavy atom. The molecule has 0 aromatic carbocycles. The van der Waals surface area contributed by atoms with Gasteiger partial charge in [0.05, 0.1) is 0 Å². The summed E-state index contributed by atoms with van der Waals surface area (Å²) in [5, 5.41) is 0. The Balaban J connectivity index is 2.54. The Bertz CT molecular complexity index is 425. The molecule has 1 heterocycles. The Labute approximate surface area is 109 Å². The number of nitrogen functional groups attached to an aromatic ring is 1. The summed E-state index contributed by atoms with van der Waals surface area (Å²) < 4.78 is 1.67.